The van der Waals surface area contributed by atoms with Gasteiger partial charge in [-0.1, -0.05) is 6.07 Å². The van der Waals surface area contributed by atoms with Gasteiger partial charge in [-0.25, -0.2) is 8.42 Å². The number of sulfonamides is 1. The Labute approximate surface area is 112 Å². The average Bonchev–Trinajstić information content (AvgIpc) is 2.60. The summed E-state index contributed by atoms with van der Waals surface area (Å²) >= 11 is 0. The van der Waals surface area contributed by atoms with Gasteiger partial charge in [0.05, 0.1) is 10.6 Å². The number of benzene rings is 1. The molecule has 0 saturated heterocycles. The summed E-state index contributed by atoms with van der Waals surface area (Å²) in [6.45, 7) is 3.47. The van der Waals surface area contributed by atoms with Gasteiger partial charge < -0.3 is 5.73 Å². The van der Waals surface area contributed by atoms with E-state index in [9.17, 15) is 8.42 Å². The van der Waals surface area contributed by atoms with Crippen LogP contribution < -0.4 is 10.5 Å². The van der Waals surface area contributed by atoms with E-state index in [0.717, 1.165) is 5.69 Å². The normalized spacial score (nSPS) is 11.5. The molecule has 19 heavy (non-hydrogen) atoms. The molecule has 0 bridgehead atoms. The second-order valence-electron chi connectivity index (χ2n) is 4.37. The third-order valence-corrected chi connectivity index (χ3v) is 4.36. The number of nitrogen functional groups attached to an aromatic ring is 1. The molecule has 0 spiro atoms. The van der Waals surface area contributed by atoms with Gasteiger partial charge in [-0.05, 0) is 31.5 Å². The van der Waals surface area contributed by atoms with E-state index in [-0.39, 0.29) is 4.90 Å². The highest BCUT2D eigenvalue weighted by Gasteiger charge is 2.19. The average molecular weight is 280 g/mol. The molecule has 0 unspecified atom stereocenters. The van der Waals surface area contributed by atoms with Gasteiger partial charge in [0.2, 0.25) is 0 Å². The van der Waals surface area contributed by atoms with Crippen LogP contribution in [-0.2, 0) is 17.1 Å². The third-order valence-electron chi connectivity index (χ3n) is 2.86. The molecule has 0 aliphatic rings. The van der Waals surface area contributed by atoms with E-state index < -0.39 is 10.0 Å². The minimum absolute atomic E-state index is 0.173. The van der Waals surface area contributed by atoms with E-state index in [1.54, 1.807) is 39.1 Å². The van der Waals surface area contributed by atoms with Gasteiger partial charge in [-0.3, -0.25) is 9.40 Å². The molecule has 3 N–H and O–H groups in total. The molecule has 0 radical (unpaired) electrons. The number of hydrogen-bond donors (Lipinski definition) is 2. The topological polar surface area (TPSA) is 90.0 Å². The third kappa shape index (κ3) is 2.55. The van der Waals surface area contributed by atoms with E-state index in [4.69, 9.17) is 5.73 Å². The number of nitrogens with zero attached hydrogens (tertiary/aromatic N) is 2. The fourth-order valence-electron chi connectivity index (χ4n) is 1.82. The molecule has 1 aromatic heterocycles. The van der Waals surface area contributed by atoms with Gasteiger partial charge >= 0.3 is 0 Å². The number of aromatic nitrogens is 2. The molecule has 102 valence electrons. The van der Waals surface area contributed by atoms with Crippen LogP contribution in [0.2, 0.25) is 0 Å². The number of nitrogens with one attached hydrogen (secondary N) is 1. The van der Waals surface area contributed by atoms with Crippen molar-refractivity contribution in [3.05, 3.63) is 35.5 Å². The van der Waals surface area contributed by atoms with Crippen molar-refractivity contribution in [1.29, 1.82) is 0 Å². The van der Waals surface area contributed by atoms with Crippen molar-refractivity contribution >= 4 is 21.5 Å². The molecule has 2 aromatic rings. The highest BCUT2D eigenvalue weighted by Crippen LogP contribution is 2.23. The first-order valence-electron chi connectivity index (χ1n) is 5.70. The second-order valence-corrected chi connectivity index (χ2v) is 6.02. The molecule has 2 rings (SSSR count). The molecular weight excluding hydrogens is 264 g/mol. The molecule has 0 fully saturated rings. The Bertz CT molecular complexity index is 719. The van der Waals surface area contributed by atoms with Crippen molar-refractivity contribution in [3.8, 4) is 0 Å². The summed E-state index contributed by atoms with van der Waals surface area (Å²) in [4.78, 5) is 0.173. The SMILES string of the molecule is Cc1cc(NS(=O)(=O)c2cccc(N)c2C)n(C)n1. The Hall–Kier alpha value is -2.02. The lowest BCUT2D eigenvalue weighted by atomic mass is 10.2. The van der Waals surface area contributed by atoms with Gasteiger partial charge in [0.1, 0.15) is 5.82 Å². The summed E-state index contributed by atoms with van der Waals surface area (Å²) in [5, 5.41) is 4.09. The molecule has 0 atom stereocenters. The van der Waals surface area contributed by atoms with Crippen molar-refractivity contribution in [2.75, 3.05) is 10.5 Å². The van der Waals surface area contributed by atoms with Crippen molar-refractivity contribution < 1.29 is 8.42 Å². The Morgan fingerprint density at radius 2 is 2.00 bits per heavy atom. The lowest BCUT2D eigenvalue weighted by Crippen LogP contribution is -2.17. The quantitative estimate of drug-likeness (QED) is 0.832. The zero-order chi connectivity index (χ0) is 14.2. The molecule has 0 aliphatic carbocycles. The molecular formula is C12H16N4O2S. The summed E-state index contributed by atoms with van der Waals surface area (Å²) in [7, 11) is -1.99. The van der Waals surface area contributed by atoms with Crippen molar-refractivity contribution in [3.63, 3.8) is 0 Å². The number of anilines is 2. The van der Waals surface area contributed by atoms with E-state index in [1.807, 2.05) is 0 Å². The minimum Gasteiger partial charge on any atom is -0.398 e. The molecule has 0 saturated carbocycles. The predicted molar refractivity (Wildman–Crippen MR) is 74.3 cm³/mol. The van der Waals surface area contributed by atoms with E-state index >= 15 is 0 Å². The van der Waals surface area contributed by atoms with Gasteiger partial charge in [-0.2, -0.15) is 5.10 Å². The van der Waals surface area contributed by atoms with Crippen LogP contribution in [0.15, 0.2) is 29.2 Å². The van der Waals surface area contributed by atoms with Gasteiger partial charge in [0, 0.05) is 18.8 Å². The minimum atomic E-state index is -3.67. The Balaban J connectivity index is 2.44. The van der Waals surface area contributed by atoms with Crippen molar-refractivity contribution in [1.82, 2.24) is 9.78 Å². The summed E-state index contributed by atoms with van der Waals surface area (Å²) in [5.41, 5.74) is 7.46. The Morgan fingerprint density at radius 3 is 2.58 bits per heavy atom. The van der Waals surface area contributed by atoms with Gasteiger partial charge in [-0.15, -0.1) is 0 Å². The summed E-state index contributed by atoms with van der Waals surface area (Å²) in [6.07, 6.45) is 0. The molecule has 0 amide bonds. The molecule has 0 aliphatic heterocycles. The van der Waals surface area contributed by atoms with Gasteiger partial charge in [0.25, 0.3) is 10.0 Å². The van der Waals surface area contributed by atoms with Crippen LogP contribution in [0.3, 0.4) is 0 Å². The van der Waals surface area contributed by atoms with Crippen molar-refractivity contribution in [2.24, 2.45) is 7.05 Å². The Kier molecular flexibility index (Phi) is 3.23. The molecule has 1 aromatic carbocycles. The summed E-state index contributed by atoms with van der Waals surface area (Å²) in [5.74, 6) is 0.416. The summed E-state index contributed by atoms with van der Waals surface area (Å²) in [6, 6.07) is 6.48. The lowest BCUT2D eigenvalue weighted by molar-refractivity contribution is 0.599. The first-order valence-corrected chi connectivity index (χ1v) is 7.18. The number of nitrogens with two attached hydrogens (primary N) is 1. The standard InChI is InChI=1S/C12H16N4O2S/c1-8-7-12(16(3)14-8)15-19(17,18)11-6-4-5-10(13)9(11)2/h4-7,15H,13H2,1-3H3. The van der Waals surface area contributed by atoms with Crippen LogP contribution in [0.1, 0.15) is 11.3 Å². The highest BCUT2D eigenvalue weighted by molar-refractivity contribution is 7.92. The van der Waals surface area contributed by atoms with Crippen LogP contribution in [0, 0.1) is 13.8 Å². The maximum atomic E-state index is 12.3. The lowest BCUT2D eigenvalue weighted by Gasteiger charge is -2.11. The second kappa shape index (κ2) is 4.58. The molecule has 1 heterocycles. The fraction of sp³-hybridized carbons (Fsp3) is 0.250. The van der Waals surface area contributed by atoms with Crippen LogP contribution in [0.4, 0.5) is 11.5 Å². The van der Waals surface area contributed by atoms with E-state index in [2.05, 4.69) is 9.82 Å². The van der Waals surface area contributed by atoms with Crippen LogP contribution >= 0.6 is 0 Å². The van der Waals surface area contributed by atoms with Crippen LogP contribution in [0.5, 0.6) is 0 Å². The van der Waals surface area contributed by atoms with Crippen molar-refractivity contribution in [2.45, 2.75) is 18.7 Å². The Morgan fingerprint density at radius 1 is 1.32 bits per heavy atom. The zero-order valence-electron chi connectivity index (χ0n) is 11.0. The van der Waals surface area contributed by atoms with Crippen LogP contribution in [0.25, 0.3) is 0 Å². The maximum Gasteiger partial charge on any atom is 0.263 e. The van der Waals surface area contributed by atoms with E-state index in [0.29, 0.717) is 17.1 Å². The first-order chi connectivity index (χ1) is 8.81. The van der Waals surface area contributed by atoms with Gasteiger partial charge in [0.15, 0.2) is 0 Å². The number of rotatable bonds is 3. The largest absolute Gasteiger partial charge is 0.398 e. The predicted octanol–water partition coefficient (Wildman–Crippen LogP) is 1.42. The molecule has 6 nitrogen and oxygen atoms in total. The smallest absolute Gasteiger partial charge is 0.263 e. The maximum absolute atomic E-state index is 12.3. The monoisotopic (exact) mass is 280 g/mol. The number of hydrogen-bond acceptors (Lipinski definition) is 4. The zero-order valence-corrected chi connectivity index (χ0v) is 11.8. The summed E-state index contributed by atoms with van der Waals surface area (Å²) < 4.78 is 28.6. The highest BCUT2D eigenvalue weighted by atomic mass is 32.2. The first kappa shape index (κ1) is 13.4. The van der Waals surface area contributed by atoms with E-state index in [1.165, 1.54) is 10.7 Å². The van der Waals surface area contributed by atoms with Crippen LogP contribution in [-0.4, -0.2) is 18.2 Å². The number of aryl methyl sites for hydroxylation is 2. The fourth-order valence-corrected chi connectivity index (χ4v) is 3.18. The molecule has 7 heteroatoms.